The Bertz CT molecular complexity index is 541. The third-order valence-electron chi connectivity index (χ3n) is 2.71. The predicted molar refractivity (Wildman–Crippen MR) is 62.3 cm³/mol. The minimum atomic E-state index is 0.604. The first-order valence-corrected chi connectivity index (χ1v) is 5.28. The van der Waals surface area contributed by atoms with Crippen molar-refractivity contribution in [2.45, 2.75) is 6.92 Å². The lowest BCUT2D eigenvalue weighted by molar-refractivity contribution is 0.357. The fraction of sp³-hybridized carbons (Fsp3) is 0.154. The number of nitrogens with one attached hydrogen (secondary N) is 1. The molecule has 0 saturated carbocycles. The number of nitrogens with zero attached hydrogens (tertiary/aromatic N) is 1. The molecule has 1 aliphatic rings. The van der Waals surface area contributed by atoms with Gasteiger partial charge in [-0.05, 0) is 24.6 Å². The van der Waals surface area contributed by atoms with Crippen LogP contribution in [-0.4, -0.2) is 16.6 Å². The van der Waals surface area contributed by atoms with Crippen molar-refractivity contribution in [1.29, 1.82) is 0 Å². The maximum absolute atomic E-state index is 5.61. The van der Waals surface area contributed by atoms with Gasteiger partial charge in [0.25, 0.3) is 0 Å². The Balaban J connectivity index is 2.14. The molecule has 0 amide bonds. The molecule has 16 heavy (non-hydrogen) atoms. The van der Waals surface area contributed by atoms with E-state index in [4.69, 9.17) is 4.74 Å². The first-order valence-electron chi connectivity index (χ1n) is 5.28. The fourth-order valence-corrected chi connectivity index (χ4v) is 1.93. The van der Waals surface area contributed by atoms with Crippen LogP contribution in [0.3, 0.4) is 0 Å². The topological polar surface area (TPSA) is 37.9 Å². The predicted octanol–water partition coefficient (Wildman–Crippen LogP) is 2.54. The summed E-state index contributed by atoms with van der Waals surface area (Å²) in [7, 11) is 0. The van der Waals surface area contributed by atoms with Gasteiger partial charge in [0.15, 0.2) is 0 Å². The largest absolute Gasteiger partial charge is 0.489 e. The highest BCUT2D eigenvalue weighted by molar-refractivity contribution is 5.81. The molecule has 80 valence electrons. The van der Waals surface area contributed by atoms with Gasteiger partial charge in [-0.3, -0.25) is 0 Å². The molecule has 0 fully saturated rings. The Hall–Kier alpha value is -2.03. The van der Waals surface area contributed by atoms with Crippen molar-refractivity contribution in [1.82, 2.24) is 9.97 Å². The summed E-state index contributed by atoms with van der Waals surface area (Å²) in [5.74, 6) is 1.84. The Morgan fingerprint density at radius 3 is 3.12 bits per heavy atom. The number of aryl methyl sites for hydroxylation is 1. The summed E-state index contributed by atoms with van der Waals surface area (Å²) in [5.41, 5.74) is 3.43. The van der Waals surface area contributed by atoms with Crippen LogP contribution in [0.25, 0.3) is 5.57 Å². The van der Waals surface area contributed by atoms with Gasteiger partial charge < -0.3 is 9.72 Å². The summed E-state index contributed by atoms with van der Waals surface area (Å²) in [6.07, 6.45) is 5.65. The van der Waals surface area contributed by atoms with Crippen LogP contribution < -0.4 is 4.74 Å². The maximum atomic E-state index is 5.61. The molecule has 0 unspecified atom stereocenters. The minimum absolute atomic E-state index is 0.604. The number of imidazole rings is 1. The van der Waals surface area contributed by atoms with Gasteiger partial charge in [0.2, 0.25) is 0 Å². The first-order chi connectivity index (χ1) is 7.84. The summed E-state index contributed by atoms with van der Waals surface area (Å²) < 4.78 is 5.61. The summed E-state index contributed by atoms with van der Waals surface area (Å²) >= 11 is 0. The van der Waals surface area contributed by atoms with Crippen molar-refractivity contribution in [2.24, 2.45) is 0 Å². The number of aromatic amines is 1. The van der Waals surface area contributed by atoms with Gasteiger partial charge >= 0.3 is 0 Å². The lowest BCUT2D eigenvalue weighted by Gasteiger charge is -2.17. The third-order valence-corrected chi connectivity index (χ3v) is 2.71. The molecule has 3 heteroatoms. The van der Waals surface area contributed by atoms with E-state index in [1.54, 1.807) is 6.20 Å². The van der Waals surface area contributed by atoms with Gasteiger partial charge in [-0.25, -0.2) is 4.98 Å². The van der Waals surface area contributed by atoms with Gasteiger partial charge in [0, 0.05) is 23.5 Å². The van der Waals surface area contributed by atoms with Crippen molar-refractivity contribution >= 4 is 5.57 Å². The Morgan fingerprint density at radius 1 is 1.38 bits per heavy atom. The molecule has 1 aliphatic heterocycles. The third kappa shape index (κ3) is 1.41. The van der Waals surface area contributed by atoms with E-state index in [0.29, 0.717) is 6.61 Å². The average Bonchev–Trinajstić information content (AvgIpc) is 2.81. The Kier molecular flexibility index (Phi) is 2.03. The smallest absolute Gasteiger partial charge is 0.137 e. The van der Waals surface area contributed by atoms with Gasteiger partial charge in [0.05, 0.1) is 0 Å². The summed E-state index contributed by atoms with van der Waals surface area (Å²) in [6, 6.07) is 6.23. The highest BCUT2D eigenvalue weighted by atomic mass is 16.5. The molecule has 3 nitrogen and oxygen atoms in total. The van der Waals surface area contributed by atoms with Crippen LogP contribution in [0.5, 0.6) is 5.75 Å². The average molecular weight is 212 g/mol. The van der Waals surface area contributed by atoms with E-state index in [0.717, 1.165) is 22.7 Å². The molecule has 3 rings (SSSR count). The highest BCUT2D eigenvalue weighted by Gasteiger charge is 2.16. The van der Waals surface area contributed by atoms with E-state index < -0.39 is 0 Å². The van der Waals surface area contributed by atoms with E-state index in [-0.39, 0.29) is 0 Å². The number of rotatable bonds is 1. The van der Waals surface area contributed by atoms with Crippen molar-refractivity contribution < 1.29 is 4.74 Å². The molecule has 0 spiro atoms. The molecule has 0 radical (unpaired) electrons. The summed E-state index contributed by atoms with van der Waals surface area (Å²) in [4.78, 5) is 7.41. The standard InChI is InChI=1S/C13H12N2O/c1-9-2-3-10-11(13-14-5-6-15-13)4-7-16-12(10)8-9/h2-6,8H,7H2,1H3,(H,14,15). The van der Waals surface area contributed by atoms with Crippen LogP contribution in [0.1, 0.15) is 17.0 Å². The Morgan fingerprint density at radius 2 is 2.31 bits per heavy atom. The molecular formula is C13H12N2O. The molecule has 1 N–H and O–H groups in total. The molecule has 0 atom stereocenters. The lowest BCUT2D eigenvalue weighted by Crippen LogP contribution is -2.06. The first kappa shape index (κ1) is 9.21. The maximum Gasteiger partial charge on any atom is 0.137 e. The van der Waals surface area contributed by atoms with Crippen LogP contribution in [-0.2, 0) is 0 Å². The molecule has 0 aliphatic carbocycles. The van der Waals surface area contributed by atoms with Crippen molar-refractivity contribution in [3.8, 4) is 5.75 Å². The van der Waals surface area contributed by atoms with Crippen LogP contribution in [0.4, 0.5) is 0 Å². The van der Waals surface area contributed by atoms with Crippen LogP contribution in [0.15, 0.2) is 36.7 Å². The van der Waals surface area contributed by atoms with Gasteiger partial charge in [-0.15, -0.1) is 0 Å². The number of benzene rings is 1. The van der Waals surface area contributed by atoms with E-state index in [9.17, 15) is 0 Å². The normalized spacial score (nSPS) is 13.9. The van der Waals surface area contributed by atoms with Crippen molar-refractivity contribution in [2.75, 3.05) is 6.61 Å². The van der Waals surface area contributed by atoms with Gasteiger partial charge in [0.1, 0.15) is 18.2 Å². The second kappa shape index (κ2) is 3.52. The van der Waals surface area contributed by atoms with Crippen LogP contribution in [0.2, 0.25) is 0 Å². The molecule has 0 bridgehead atoms. The van der Waals surface area contributed by atoms with Crippen molar-refractivity contribution in [3.63, 3.8) is 0 Å². The number of H-pyrrole nitrogens is 1. The SMILES string of the molecule is Cc1ccc2c(c1)OCC=C2c1ncc[nH]1. The number of ether oxygens (including phenoxy) is 1. The quantitative estimate of drug-likeness (QED) is 0.788. The number of hydrogen-bond donors (Lipinski definition) is 1. The van der Waals surface area contributed by atoms with Crippen molar-refractivity contribution in [3.05, 3.63) is 53.6 Å². The van der Waals surface area contributed by atoms with E-state index in [2.05, 4.69) is 41.2 Å². The van der Waals surface area contributed by atoms with E-state index in [1.807, 2.05) is 6.20 Å². The zero-order valence-corrected chi connectivity index (χ0v) is 9.03. The van der Waals surface area contributed by atoms with Crippen LogP contribution >= 0.6 is 0 Å². The monoisotopic (exact) mass is 212 g/mol. The highest BCUT2D eigenvalue weighted by Crippen LogP contribution is 2.33. The fourth-order valence-electron chi connectivity index (χ4n) is 1.93. The van der Waals surface area contributed by atoms with E-state index >= 15 is 0 Å². The molecule has 0 saturated heterocycles. The van der Waals surface area contributed by atoms with Crippen LogP contribution in [0, 0.1) is 6.92 Å². The second-order valence-corrected chi connectivity index (χ2v) is 3.87. The Labute approximate surface area is 93.8 Å². The van der Waals surface area contributed by atoms with Gasteiger partial charge in [-0.2, -0.15) is 0 Å². The summed E-state index contributed by atoms with van der Waals surface area (Å²) in [5, 5.41) is 0. The molecule has 2 aromatic rings. The summed E-state index contributed by atoms with van der Waals surface area (Å²) in [6.45, 7) is 2.67. The molecule has 1 aromatic carbocycles. The molecule has 1 aromatic heterocycles. The second-order valence-electron chi connectivity index (χ2n) is 3.87. The zero-order chi connectivity index (χ0) is 11.0. The lowest BCUT2D eigenvalue weighted by atomic mass is 10.0. The molecular weight excluding hydrogens is 200 g/mol. The number of fused-ring (bicyclic) bond motifs is 1. The minimum Gasteiger partial charge on any atom is -0.489 e. The number of hydrogen-bond acceptors (Lipinski definition) is 2. The van der Waals surface area contributed by atoms with Gasteiger partial charge in [-0.1, -0.05) is 12.1 Å². The molecule has 2 heterocycles. The van der Waals surface area contributed by atoms with E-state index in [1.165, 1.54) is 5.56 Å². The zero-order valence-electron chi connectivity index (χ0n) is 9.03. The number of aromatic nitrogens is 2.